The third-order valence-electron chi connectivity index (χ3n) is 4.67. The minimum atomic E-state index is -0.230. The van der Waals surface area contributed by atoms with Crippen molar-refractivity contribution in [1.29, 1.82) is 0 Å². The highest BCUT2D eigenvalue weighted by Gasteiger charge is 2.20. The summed E-state index contributed by atoms with van der Waals surface area (Å²) < 4.78 is 0. The van der Waals surface area contributed by atoms with Crippen LogP contribution in [-0.2, 0) is 4.79 Å². The maximum Gasteiger partial charge on any atom is 0.221 e. The Morgan fingerprint density at radius 1 is 1.24 bits per heavy atom. The standard InChI is InChI=1S/C18H30N4O.2ClH/c1-21(2)16-8-11-22(12-9-16)13-10-20-18(23)14-17(19)15-6-4-3-5-7-15;;/h3-7,16-17H,8-14,19H2,1-2H3,(H,20,23);2*1H. The van der Waals surface area contributed by atoms with E-state index in [-0.39, 0.29) is 36.8 Å². The van der Waals surface area contributed by atoms with Crippen LogP contribution in [0.2, 0.25) is 0 Å². The average Bonchev–Trinajstić information content (AvgIpc) is 2.56. The van der Waals surface area contributed by atoms with Gasteiger partial charge in [0.15, 0.2) is 0 Å². The zero-order valence-corrected chi connectivity index (χ0v) is 16.8. The first-order chi connectivity index (χ1) is 11.1. The van der Waals surface area contributed by atoms with Crippen LogP contribution < -0.4 is 11.1 Å². The molecule has 1 fully saturated rings. The van der Waals surface area contributed by atoms with Crippen LogP contribution in [0.5, 0.6) is 0 Å². The van der Waals surface area contributed by atoms with E-state index in [4.69, 9.17) is 5.73 Å². The molecular weight excluding hydrogens is 359 g/mol. The van der Waals surface area contributed by atoms with Crippen molar-refractivity contribution in [3.63, 3.8) is 0 Å². The second-order valence-electron chi connectivity index (χ2n) is 6.61. The summed E-state index contributed by atoms with van der Waals surface area (Å²) in [5.74, 6) is 0.0320. The van der Waals surface area contributed by atoms with Gasteiger partial charge in [0.05, 0.1) is 0 Å². The highest BCUT2D eigenvalue weighted by molar-refractivity contribution is 5.85. The number of carbonyl (C=O) groups is 1. The smallest absolute Gasteiger partial charge is 0.221 e. The first-order valence-corrected chi connectivity index (χ1v) is 8.52. The molecule has 25 heavy (non-hydrogen) atoms. The van der Waals surface area contributed by atoms with Gasteiger partial charge in [-0.2, -0.15) is 0 Å². The number of benzene rings is 1. The molecule has 3 N–H and O–H groups in total. The van der Waals surface area contributed by atoms with Gasteiger partial charge in [-0.15, -0.1) is 24.8 Å². The summed E-state index contributed by atoms with van der Waals surface area (Å²) in [5.41, 5.74) is 7.09. The van der Waals surface area contributed by atoms with Crippen LogP contribution in [0.15, 0.2) is 30.3 Å². The Balaban J connectivity index is 0.00000288. The molecule has 0 bridgehead atoms. The third kappa shape index (κ3) is 8.38. The van der Waals surface area contributed by atoms with Gasteiger partial charge in [-0.1, -0.05) is 30.3 Å². The maximum absolute atomic E-state index is 12.0. The molecule has 1 aliphatic rings. The predicted molar refractivity (Wildman–Crippen MR) is 109 cm³/mol. The zero-order valence-electron chi connectivity index (χ0n) is 15.2. The first-order valence-electron chi connectivity index (χ1n) is 8.52. The minimum Gasteiger partial charge on any atom is -0.355 e. The molecule has 2 rings (SSSR count). The van der Waals surface area contributed by atoms with E-state index in [9.17, 15) is 4.79 Å². The van der Waals surface area contributed by atoms with Crippen LogP contribution in [-0.4, -0.2) is 62.0 Å². The number of nitrogens with one attached hydrogen (secondary N) is 1. The molecule has 0 saturated carbocycles. The fourth-order valence-corrected chi connectivity index (χ4v) is 3.10. The fourth-order valence-electron chi connectivity index (χ4n) is 3.10. The number of hydrogen-bond acceptors (Lipinski definition) is 4. The number of likely N-dealkylation sites (tertiary alicyclic amines) is 1. The number of nitrogens with zero attached hydrogens (tertiary/aromatic N) is 2. The van der Waals surface area contributed by atoms with Gasteiger partial charge >= 0.3 is 0 Å². The minimum absolute atomic E-state index is 0. The van der Waals surface area contributed by atoms with E-state index in [1.54, 1.807) is 0 Å². The van der Waals surface area contributed by atoms with Crippen molar-refractivity contribution in [2.24, 2.45) is 5.73 Å². The quantitative estimate of drug-likeness (QED) is 0.747. The van der Waals surface area contributed by atoms with Gasteiger partial charge in [0.1, 0.15) is 0 Å². The summed E-state index contributed by atoms with van der Waals surface area (Å²) in [4.78, 5) is 16.7. The lowest BCUT2D eigenvalue weighted by atomic mass is 10.0. The molecule has 1 aromatic carbocycles. The number of rotatable bonds is 7. The normalized spacial score (nSPS) is 16.6. The molecule has 1 unspecified atom stereocenters. The van der Waals surface area contributed by atoms with Gasteiger partial charge in [0.25, 0.3) is 0 Å². The number of hydrogen-bond donors (Lipinski definition) is 2. The number of amides is 1. The van der Waals surface area contributed by atoms with Crippen molar-refractivity contribution < 1.29 is 4.79 Å². The molecule has 7 heteroatoms. The molecule has 1 aromatic rings. The summed E-state index contributed by atoms with van der Waals surface area (Å²) in [5, 5.41) is 2.99. The Bertz CT molecular complexity index is 479. The summed E-state index contributed by atoms with van der Waals surface area (Å²) in [6.07, 6.45) is 2.76. The Kier molecular flexibility index (Phi) is 12.1. The van der Waals surface area contributed by atoms with E-state index in [1.807, 2.05) is 30.3 Å². The molecular formula is C18H32Cl2N4O. The van der Waals surface area contributed by atoms with Gasteiger partial charge in [0, 0.05) is 31.6 Å². The number of carbonyl (C=O) groups excluding carboxylic acids is 1. The summed E-state index contributed by atoms with van der Waals surface area (Å²) in [6, 6.07) is 10.3. The number of piperidine rings is 1. The van der Waals surface area contributed by atoms with E-state index in [1.165, 1.54) is 12.8 Å². The Morgan fingerprint density at radius 2 is 1.84 bits per heavy atom. The van der Waals surface area contributed by atoms with Crippen molar-refractivity contribution in [1.82, 2.24) is 15.1 Å². The van der Waals surface area contributed by atoms with Crippen LogP contribution in [0.3, 0.4) is 0 Å². The largest absolute Gasteiger partial charge is 0.355 e. The van der Waals surface area contributed by atoms with Crippen molar-refractivity contribution in [3.8, 4) is 0 Å². The average molecular weight is 391 g/mol. The van der Waals surface area contributed by atoms with E-state index >= 15 is 0 Å². The van der Waals surface area contributed by atoms with E-state index in [0.29, 0.717) is 19.0 Å². The lowest BCUT2D eigenvalue weighted by molar-refractivity contribution is -0.121. The second kappa shape index (κ2) is 12.5. The SMILES string of the molecule is CN(C)C1CCN(CCNC(=O)CC(N)c2ccccc2)CC1.Cl.Cl. The summed E-state index contributed by atoms with van der Waals surface area (Å²) in [6.45, 7) is 3.85. The molecule has 144 valence electrons. The van der Waals surface area contributed by atoms with Crippen LogP contribution in [0.25, 0.3) is 0 Å². The van der Waals surface area contributed by atoms with Gasteiger partial charge < -0.3 is 20.9 Å². The Labute approximate surface area is 164 Å². The monoisotopic (exact) mass is 390 g/mol. The van der Waals surface area contributed by atoms with Crippen molar-refractivity contribution in [3.05, 3.63) is 35.9 Å². The molecule has 0 aliphatic carbocycles. The molecule has 0 spiro atoms. The van der Waals surface area contributed by atoms with E-state index in [2.05, 4.69) is 29.2 Å². The van der Waals surface area contributed by atoms with Gasteiger partial charge in [0.2, 0.25) is 5.91 Å². The summed E-state index contributed by atoms with van der Waals surface area (Å²) in [7, 11) is 4.30. The lowest BCUT2D eigenvalue weighted by Crippen LogP contribution is -2.44. The zero-order chi connectivity index (χ0) is 16.7. The fraction of sp³-hybridized carbons (Fsp3) is 0.611. The summed E-state index contributed by atoms with van der Waals surface area (Å²) >= 11 is 0. The molecule has 1 amide bonds. The lowest BCUT2D eigenvalue weighted by Gasteiger charge is -2.35. The third-order valence-corrected chi connectivity index (χ3v) is 4.67. The van der Waals surface area contributed by atoms with Gasteiger partial charge in [-0.25, -0.2) is 0 Å². The Morgan fingerprint density at radius 3 is 2.40 bits per heavy atom. The number of nitrogens with two attached hydrogens (primary N) is 1. The molecule has 1 aliphatic heterocycles. The molecule has 1 atom stereocenters. The number of halogens is 2. The molecule has 0 radical (unpaired) electrons. The van der Waals surface area contributed by atoms with Gasteiger partial charge in [-0.05, 0) is 45.6 Å². The van der Waals surface area contributed by atoms with Crippen molar-refractivity contribution in [2.75, 3.05) is 40.3 Å². The van der Waals surface area contributed by atoms with Crippen LogP contribution in [0.4, 0.5) is 0 Å². The van der Waals surface area contributed by atoms with E-state index in [0.717, 1.165) is 25.2 Å². The molecule has 1 heterocycles. The van der Waals surface area contributed by atoms with Crippen molar-refractivity contribution in [2.45, 2.75) is 31.3 Å². The van der Waals surface area contributed by atoms with Crippen LogP contribution in [0.1, 0.15) is 30.9 Å². The van der Waals surface area contributed by atoms with Crippen molar-refractivity contribution >= 4 is 30.7 Å². The van der Waals surface area contributed by atoms with Crippen LogP contribution >= 0.6 is 24.8 Å². The molecule has 1 saturated heterocycles. The van der Waals surface area contributed by atoms with Gasteiger partial charge in [-0.3, -0.25) is 4.79 Å². The van der Waals surface area contributed by atoms with Crippen LogP contribution in [0, 0.1) is 0 Å². The Hall–Kier alpha value is -0.850. The predicted octanol–water partition coefficient (Wildman–Crippen LogP) is 2.06. The molecule has 5 nitrogen and oxygen atoms in total. The highest BCUT2D eigenvalue weighted by atomic mass is 35.5. The highest BCUT2D eigenvalue weighted by Crippen LogP contribution is 2.14. The van der Waals surface area contributed by atoms with E-state index < -0.39 is 0 Å². The second-order valence-corrected chi connectivity index (χ2v) is 6.61. The first kappa shape index (κ1) is 24.1. The maximum atomic E-state index is 12.0. The topological polar surface area (TPSA) is 61.6 Å². The molecule has 0 aromatic heterocycles.